The first-order valence-corrected chi connectivity index (χ1v) is 8.64. The maximum atomic E-state index is 11.8. The molecular weight excluding hydrogens is 280 g/mol. The van der Waals surface area contributed by atoms with Gasteiger partial charge in [-0.3, -0.25) is 0 Å². The molecule has 128 valence electrons. The number of nitrogens with one attached hydrogen (secondary N) is 2. The Hall–Kier alpha value is -0.810. The summed E-state index contributed by atoms with van der Waals surface area (Å²) in [5.41, 5.74) is -0.427. The van der Waals surface area contributed by atoms with Crippen LogP contribution in [0.4, 0.5) is 4.79 Å². The van der Waals surface area contributed by atoms with Gasteiger partial charge >= 0.3 is 6.09 Å². The van der Waals surface area contributed by atoms with E-state index in [1.165, 1.54) is 12.8 Å². The molecule has 2 aliphatic rings. The molecule has 5 nitrogen and oxygen atoms in total. The molecule has 2 atom stereocenters. The molecule has 0 aromatic carbocycles. The van der Waals surface area contributed by atoms with E-state index in [9.17, 15) is 4.79 Å². The summed E-state index contributed by atoms with van der Waals surface area (Å²) in [5.74, 6) is 0. The van der Waals surface area contributed by atoms with Crippen molar-refractivity contribution >= 4 is 6.09 Å². The quantitative estimate of drug-likeness (QED) is 0.838. The molecule has 0 bridgehead atoms. The molecule has 2 fully saturated rings. The van der Waals surface area contributed by atoms with Crippen molar-refractivity contribution in [3.05, 3.63) is 0 Å². The molecule has 0 aromatic rings. The molecule has 2 unspecified atom stereocenters. The predicted molar refractivity (Wildman–Crippen MR) is 87.0 cm³/mol. The minimum atomic E-state index is -0.427. The lowest BCUT2D eigenvalue weighted by Crippen LogP contribution is -2.45. The minimum Gasteiger partial charge on any atom is -0.444 e. The van der Waals surface area contributed by atoms with Gasteiger partial charge < -0.3 is 20.1 Å². The third-order valence-electron chi connectivity index (χ3n) is 4.64. The SMILES string of the molecule is COC1CCC(NC2CCC(NC(=O)OC(C)(C)C)CC2)C1. The second kappa shape index (κ2) is 7.64. The van der Waals surface area contributed by atoms with Gasteiger partial charge in [-0.2, -0.15) is 0 Å². The molecule has 2 N–H and O–H groups in total. The minimum absolute atomic E-state index is 0.253. The summed E-state index contributed by atoms with van der Waals surface area (Å²) in [6.45, 7) is 5.67. The van der Waals surface area contributed by atoms with E-state index >= 15 is 0 Å². The molecule has 2 saturated carbocycles. The van der Waals surface area contributed by atoms with Crippen LogP contribution in [0.3, 0.4) is 0 Å². The van der Waals surface area contributed by atoms with Crippen molar-refractivity contribution in [2.45, 2.75) is 95.5 Å². The van der Waals surface area contributed by atoms with Crippen molar-refractivity contribution in [1.29, 1.82) is 0 Å². The third-order valence-corrected chi connectivity index (χ3v) is 4.64. The average molecular weight is 312 g/mol. The Morgan fingerprint density at radius 2 is 1.55 bits per heavy atom. The molecule has 1 amide bonds. The highest BCUT2D eigenvalue weighted by atomic mass is 16.6. The molecule has 22 heavy (non-hydrogen) atoms. The fraction of sp³-hybridized carbons (Fsp3) is 0.941. The summed E-state index contributed by atoms with van der Waals surface area (Å²) < 4.78 is 10.7. The summed E-state index contributed by atoms with van der Waals surface area (Å²) in [4.78, 5) is 11.8. The van der Waals surface area contributed by atoms with E-state index in [2.05, 4.69) is 10.6 Å². The number of hydrogen-bond acceptors (Lipinski definition) is 4. The molecule has 0 heterocycles. The normalized spacial score (nSPS) is 32.7. The smallest absolute Gasteiger partial charge is 0.407 e. The molecule has 0 aliphatic heterocycles. The molecule has 5 heteroatoms. The van der Waals surface area contributed by atoms with Crippen LogP contribution in [-0.2, 0) is 9.47 Å². The van der Waals surface area contributed by atoms with Crippen LogP contribution in [0, 0.1) is 0 Å². The van der Waals surface area contributed by atoms with Gasteiger partial charge in [0.1, 0.15) is 5.60 Å². The molecule has 0 saturated heterocycles. The predicted octanol–water partition coefficient (Wildman–Crippen LogP) is 2.98. The zero-order chi connectivity index (χ0) is 16.2. The number of rotatable bonds is 4. The van der Waals surface area contributed by atoms with E-state index < -0.39 is 5.60 Å². The van der Waals surface area contributed by atoms with Gasteiger partial charge in [0.25, 0.3) is 0 Å². The second-order valence-electron chi connectivity index (χ2n) is 7.73. The van der Waals surface area contributed by atoms with Crippen molar-refractivity contribution in [3.63, 3.8) is 0 Å². The summed E-state index contributed by atoms with van der Waals surface area (Å²) >= 11 is 0. The topological polar surface area (TPSA) is 59.6 Å². The van der Waals surface area contributed by atoms with Gasteiger partial charge in [0.05, 0.1) is 6.10 Å². The average Bonchev–Trinajstić information content (AvgIpc) is 2.86. The number of carbonyl (C=O) groups excluding carboxylic acids is 1. The number of alkyl carbamates (subject to hydrolysis) is 1. The lowest BCUT2D eigenvalue weighted by Gasteiger charge is -2.32. The largest absolute Gasteiger partial charge is 0.444 e. The fourth-order valence-corrected chi connectivity index (χ4v) is 3.52. The Balaban J connectivity index is 1.64. The molecular formula is C17H32N2O3. The first-order chi connectivity index (χ1) is 10.4. The highest BCUT2D eigenvalue weighted by Gasteiger charge is 2.29. The maximum Gasteiger partial charge on any atom is 0.407 e. The number of ether oxygens (including phenoxy) is 2. The number of amides is 1. The van der Waals surface area contributed by atoms with Gasteiger partial charge in [0.2, 0.25) is 0 Å². The van der Waals surface area contributed by atoms with E-state index in [0.717, 1.165) is 32.1 Å². The van der Waals surface area contributed by atoms with Gasteiger partial charge in [-0.25, -0.2) is 4.79 Å². The van der Waals surface area contributed by atoms with Crippen molar-refractivity contribution in [2.24, 2.45) is 0 Å². The Morgan fingerprint density at radius 3 is 2.09 bits per heavy atom. The molecule has 0 radical (unpaired) electrons. The van der Waals surface area contributed by atoms with Crippen LogP contribution in [0.2, 0.25) is 0 Å². The zero-order valence-electron chi connectivity index (χ0n) is 14.5. The molecule has 2 rings (SSSR count). The van der Waals surface area contributed by atoms with E-state index in [1.807, 2.05) is 20.8 Å². The summed E-state index contributed by atoms with van der Waals surface area (Å²) in [6, 6.07) is 1.44. The van der Waals surface area contributed by atoms with Crippen LogP contribution in [0.15, 0.2) is 0 Å². The molecule has 2 aliphatic carbocycles. The van der Waals surface area contributed by atoms with Gasteiger partial charge in [0.15, 0.2) is 0 Å². The van der Waals surface area contributed by atoms with E-state index in [-0.39, 0.29) is 12.1 Å². The van der Waals surface area contributed by atoms with Gasteiger partial charge in [-0.05, 0) is 65.7 Å². The number of hydrogen-bond donors (Lipinski definition) is 2. The summed E-state index contributed by atoms with van der Waals surface area (Å²) in [5, 5.41) is 6.77. The van der Waals surface area contributed by atoms with Gasteiger partial charge in [0, 0.05) is 25.2 Å². The van der Waals surface area contributed by atoms with Crippen molar-refractivity contribution < 1.29 is 14.3 Å². The van der Waals surface area contributed by atoms with Crippen LogP contribution in [0.1, 0.15) is 65.7 Å². The summed E-state index contributed by atoms with van der Waals surface area (Å²) in [6.07, 6.45) is 7.95. The molecule has 0 aromatic heterocycles. The van der Waals surface area contributed by atoms with Crippen LogP contribution < -0.4 is 10.6 Å². The zero-order valence-corrected chi connectivity index (χ0v) is 14.5. The maximum absolute atomic E-state index is 11.8. The van der Waals surface area contributed by atoms with Crippen LogP contribution in [0.25, 0.3) is 0 Å². The van der Waals surface area contributed by atoms with Crippen LogP contribution >= 0.6 is 0 Å². The van der Waals surface area contributed by atoms with E-state index in [0.29, 0.717) is 18.2 Å². The van der Waals surface area contributed by atoms with Crippen molar-refractivity contribution in [1.82, 2.24) is 10.6 Å². The molecule has 0 spiro atoms. The van der Waals surface area contributed by atoms with Crippen molar-refractivity contribution in [3.8, 4) is 0 Å². The highest BCUT2D eigenvalue weighted by Crippen LogP contribution is 2.25. The Labute approximate surface area is 134 Å². The Kier molecular flexibility index (Phi) is 6.09. The van der Waals surface area contributed by atoms with Gasteiger partial charge in [-0.15, -0.1) is 0 Å². The highest BCUT2D eigenvalue weighted by molar-refractivity contribution is 5.68. The lowest BCUT2D eigenvalue weighted by atomic mass is 9.90. The first kappa shape index (κ1) is 17.5. The number of methoxy groups -OCH3 is 1. The fourth-order valence-electron chi connectivity index (χ4n) is 3.52. The first-order valence-electron chi connectivity index (χ1n) is 8.64. The second-order valence-corrected chi connectivity index (χ2v) is 7.73. The van der Waals surface area contributed by atoms with Crippen LogP contribution in [-0.4, -0.2) is 43.0 Å². The lowest BCUT2D eigenvalue weighted by molar-refractivity contribution is 0.0488. The summed E-state index contributed by atoms with van der Waals surface area (Å²) in [7, 11) is 1.81. The van der Waals surface area contributed by atoms with E-state index in [1.54, 1.807) is 7.11 Å². The monoisotopic (exact) mass is 312 g/mol. The van der Waals surface area contributed by atoms with E-state index in [4.69, 9.17) is 9.47 Å². The Bertz CT molecular complexity index is 359. The standard InChI is InChI=1S/C17H32N2O3/c1-17(2,3)22-16(20)19-13-7-5-12(6-8-13)18-14-9-10-15(11-14)21-4/h12-15,18H,5-11H2,1-4H3,(H,19,20). The number of carbonyl (C=O) groups is 1. The third kappa shape index (κ3) is 5.76. The Morgan fingerprint density at radius 1 is 0.955 bits per heavy atom. The van der Waals surface area contributed by atoms with Crippen LogP contribution in [0.5, 0.6) is 0 Å². The van der Waals surface area contributed by atoms with Crippen molar-refractivity contribution in [2.75, 3.05) is 7.11 Å². The van der Waals surface area contributed by atoms with Gasteiger partial charge in [-0.1, -0.05) is 0 Å².